The Kier molecular flexibility index (Phi) is 12.0. The summed E-state index contributed by atoms with van der Waals surface area (Å²) in [7, 11) is 1.50. The van der Waals surface area contributed by atoms with Crippen molar-refractivity contribution >= 4 is 51.0 Å². The number of ether oxygens (including phenoxy) is 5. The Morgan fingerprint density at radius 3 is 2.37 bits per heavy atom. The fourth-order valence-corrected chi connectivity index (χ4v) is 7.16. The SMILES string of the molecule is CCOC(=O)C1=C(C)N=c2s/c(=C/c3cc(Br)c(OCc4ccc(C(=O)OCC)cc4)c([N+](=O)[O-])c3)c(=O)n2[C@@H]1c1ccc(OC(C)C)c(OC)c1. The lowest BCUT2D eigenvalue weighted by atomic mass is 9.95. The normalized spacial score (nSPS) is 14.1. The van der Waals surface area contributed by atoms with Crippen LogP contribution in [0.25, 0.3) is 6.08 Å². The van der Waals surface area contributed by atoms with E-state index in [0.29, 0.717) is 44.3 Å². The van der Waals surface area contributed by atoms with Gasteiger partial charge in [-0.3, -0.25) is 19.5 Å². The van der Waals surface area contributed by atoms with Crippen LogP contribution in [0.15, 0.2) is 80.1 Å². The van der Waals surface area contributed by atoms with E-state index in [-0.39, 0.29) is 51.9 Å². The van der Waals surface area contributed by atoms with Gasteiger partial charge in [-0.15, -0.1) is 0 Å². The lowest BCUT2D eigenvalue weighted by molar-refractivity contribution is -0.386. The number of esters is 2. The number of aromatic nitrogens is 1. The monoisotopic (exact) mass is 793 g/mol. The minimum atomic E-state index is -0.914. The number of thiazole rings is 1. The third-order valence-electron chi connectivity index (χ3n) is 7.77. The van der Waals surface area contributed by atoms with Crippen molar-refractivity contribution in [2.24, 2.45) is 4.99 Å². The molecule has 3 aromatic carbocycles. The number of hydrogen-bond acceptors (Lipinski definition) is 12. The topological polar surface area (TPSA) is 158 Å². The first kappa shape index (κ1) is 38.0. The van der Waals surface area contributed by atoms with Crippen LogP contribution >= 0.6 is 27.3 Å². The van der Waals surface area contributed by atoms with Gasteiger partial charge in [0.15, 0.2) is 16.3 Å². The molecule has 1 aromatic heterocycles. The summed E-state index contributed by atoms with van der Waals surface area (Å²) in [4.78, 5) is 56.1. The summed E-state index contributed by atoms with van der Waals surface area (Å²) in [6.07, 6.45) is 1.41. The summed E-state index contributed by atoms with van der Waals surface area (Å²) in [5.41, 5.74) is 1.74. The Morgan fingerprint density at radius 2 is 1.73 bits per heavy atom. The van der Waals surface area contributed by atoms with Crippen molar-refractivity contribution in [1.29, 1.82) is 0 Å². The zero-order valence-electron chi connectivity index (χ0n) is 29.3. The molecule has 0 spiro atoms. The highest BCUT2D eigenvalue weighted by molar-refractivity contribution is 9.10. The van der Waals surface area contributed by atoms with E-state index in [2.05, 4.69) is 20.9 Å². The highest BCUT2D eigenvalue weighted by Gasteiger charge is 2.34. The maximum absolute atomic E-state index is 14.2. The Balaban J connectivity index is 1.55. The van der Waals surface area contributed by atoms with Gasteiger partial charge in [-0.1, -0.05) is 29.5 Å². The summed E-state index contributed by atoms with van der Waals surface area (Å²) >= 11 is 4.49. The molecule has 0 bridgehead atoms. The van der Waals surface area contributed by atoms with Crippen molar-refractivity contribution in [2.75, 3.05) is 20.3 Å². The van der Waals surface area contributed by atoms with Gasteiger partial charge in [0.05, 0.1) is 63.2 Å². The number of halogens is 1. The molecule has 0 N–H and O–H groups in total. The first-order chi connectivity index (χ1) is 24.9. The maximum atomic E-state index is 14.2. The van der Waals surface area contributed by atoms with Crippen LogP contribution in [0.4, 0.5) is 5.69 Å². The average Bonchev–Trinajstić information content (AvgIpc) is 3.40. The number of fused-ring (bicyclic) bond motifs is 1. The first-order valence-corrected chi connectivity index (χ1v) is 17.9. The van der Waals surface area contributed by atoms with E-state index < -0.39 is 28.5 Å². The highest BCUT2D eigenvalue weighted by atomic mass is 79.9. The number of nitro benzene ring substituents is 1. The number of rotatable bonds is 13. The van der Waals surface area contributed by atoms with Crippen molar-refractivity contribution < 1.29 is 38.2 Å². The van der Waals surface area contributed by atoms with E-state index in [4.69, 9.17) is 23.7 Å². The lowest BCUT2D eigenvalue weighted by Crippen LogP contribution is -2.40. The number of carbonyl (C=O) groups is 2. The molecule has 1 aliphatic rings. The molecule has 0 amide bonds. The molecule has 0 saturated heterocycles. The number of methoxy groups -OCH3 is 1. The Labute approximate surface area is 311 Å². The molecule has 0 saturated carbocycles. The van der Waals surface area contributed by atoms with Gasteiger partial charge in [0.2, 0.25) is 5.75 Å². The Hall–Kier alpha value is -5.28. The third kappa shape index (κ3) is 8.10. The second-order valence-electron chi connectivity index (χ2n) is 11.7. The van der Waals surface area contributed by atoms with Gasteiger partial charge in [0.1, 0.15) is 6.61 Å². The highest BCUT2D eigenvalue weighted by Crippen LogP contribution is 2.38. The molecule has 272 valence electrons. The maximum Gasteiger partial charge on any atom is 0.338 e. The quantitative estimate of drug-likeness (QED) is 0.0891. The number of nitrogens with zero attached hydrogens (tertiary/aromatic N) is 3. The molecule has 0 unspecified atom stereocenters. The second-order valence-corrected chi connectivity index (χ2v) is 13.6. The van der Waals surface area contributed by atoms with Crippen LogP contribution in [0.1, 0.15) is 67.7 Å². The molecular formula is C37H36BrN3O10S. The van der Waals surface area contributed by atoms with E-state index in [9.17, 15) is 24.5 Å². The number of hydrogen-bond donors (Lipinski definition) is 0. The summed E-state index contributed by atoms with van der Waals surface area (Å²) in [6.45, 7) is 9.22. The molecular weight excluding hydrogens is 758 g/mol. The van der Waals surface area contributed by atoms with Gasteiger partial charge in [-0.05, 0) is 104 Å². The molecule has 2 heterocycles. The zero-order valence-corrected chi connectivity index (χ0v) is 31.7. The fourth-order valence-electron chi connectivity index (χ4n) is 5.53. The predicted octanol–water partition coefficient (Wildman–Crippen LogP) is 6.02. The summed E-state index contributed by atoms with van der Waals surface area (Å²) in [6, 6.07) is 13.7. The number of benzene rings is 3. The largest absolute Gasteiger partial charge is 0.493 e. The zero-order chi connectivity index (χ0) is 37.7. The second kappa shape index (κ2) is 16.4. The number of carbonyl (C=O) groups excluding carboxylic acids is 2. The predicted molar refractivity (Wildman–Crippen MR) is 197 cm³/mol. The van der Waals surface area contributed by atoms with Crippen molar-refractivity contribution in [3.63, 3.8) is 0 Å². The Morgan fingerprint density at radius 1 is 1.04 bits per heavy atom. The standard InChI is InChI=1S/C37H36BrN3O10S/c1-7-48-35(43)24-11-9-22(10-12-24)19-50-33-26(38)15-23(16-27(33)41(45)46)17-30-34(42)40-32(25-13-14-28(51-20(3)4)29(18-25)47-6)31(36(44)49-8-2)21(5)39-37(40)52-30/h9-18,20,32H,7-8,19H2,1-6H3/b30-17+/t32-/m1/s1. The van der Waals surface area contributed by atoms with Crippen molar-refractivity contribution in [1.82, 2.24) is 4.57 Å². The number of nitro groups is 1. The molecule has 5 rings (SSSR count). The van der Waals surface area contributed by atoms with Crippen molar-refractivity contribution in [2.45, 2.75) is 53.4 Å². The number of allylic oxidation sites excluding steroid dienone is 1. The van der Waals surface area contributed by atoms with Crippen LogP contribution < -0.4 is 29.1 Å². The molecule has 13 nitrogen and oxygen atoms in total. The minimum Gasteiger partial charge on any atom is -0.493 e. The molecule has 0 aliphatic carbocycles. The first-order valence-electron chi connectivity index (χ1n) is 16.3. The van der Waals surface area contributed by atoms with Crippen LogP contribution in [0.5, 0.6) is 17.2 Å². The van der Waals surface area contributed by atoms with E-state index in [1.54, 1.807) is 69.3 Å². The molecule has 0 fully saturated rings. The smallest absolute Gasteiger partial charge is 0.338 e. The minimum absolute atomic E-state index is 0.00776. The molecule has 52 heavy (non-hydrogen) atoms. The van der Waals surface area contributed by atoms with Crippen LogP contribution in [-0.4, -0.2) is 47.9 Å². The third-order valence-corrected chi connectivity index (χ3v) is 9.34. The van der Waals surface area contributed by atoms with Gasteiger partial charge in [-0.2, -0.15) is 0 Å². The Bertz CT molecular complexity index is 2240. The average molecular weight is 795 g/mol. The van der Waals surface area contributed by atoms with Gasteiger partial charge in [0, 0.05) is 6.07 Å². The van der Waals surface area contributed by atoms with E-state index in [1.165, 1.54) is 23.8 Å². The van der Waals surface area contributed by atoms with Gasteiger partial charge < -0.3 is 23.7 Å². The molecule has 1 aliphatic heterocycles. The van der Waals surface area contributed by atoms with Gasteiger partial charge >= 0.3 is 17.6 Å². The van der Waals surface area contributed by atoms with E-state index in [0.717, 1.165) is 11.3 Å². The molecule has 15 heteroatoms. The van der Waals surface area contributed by atoms with Crippen LogP contribution in [0, 0.1) is 10.1 Å². The van der Waals surface area contributed by atoms with Crippen molar-refractivity contribution in [3.05, 3.63) is 122 Å². The van der Waals surface area contributed by atoms with E-state index in [1.807, 2.05) is 13.8 Å². The summed E-state index contributed by atoms with van der Waals surface area (Å²) in [5, 5.41) is 12.2. The fraction of sp³-hybridized carbons (Fsp3) is 0.297. The summed E-state index contributed by atoms with van der Waals surface area (Å²) < 4.78 is 29.7. The van der Waals surface area contributed by atoms with Crippen LogP contribution in [-0.2, 0) is 20.9 Å². The van der Waals surface area contributed by atoms with Crippen LogP contribution in [0.2, 0.25) is 0 Å². The van der Waals surface area contributed by atoms with Gasteiger partial charge in [-0.25, -0.2) is 14.6 Å². The van der Waals surface area contributed by atoms with Crippen LogP contribution in [0.3, 0.4) is 0 Å². The lowest BCUT2D eigenvalue weighted by Gasteiger charge is -2.25. The molecule has 4 aromatic rings. The van der Waals surface area contributed by atoms with E-state index >= 15 is 0 Å². The molecule has 0 radical (unpaired) electrons. The molecule has 1 atom stereocenters. The summed E-state index contributed by atoms with van der Waals surface area (Å²) in [5.74, 6) is -0.161. The van der Waals surface area contributed by atoms with Crippen molar-refractivity contribution in [3.8, 4) is 17.2 Å². The van der Waals surface area contributed by atoms with Gasteiger partial charge in [0.25, 0.3) is 5.56 Å².